The number of aryl methyl sites for hydroxylation is 1. The van der Waals surface area contributed by atoms with Gasteiger partial charge < -0.3 is 4.90 Å². The van der Waals surface area contributed by atoms with E-state index in [0.29, 0.717) is 10.0 Å². The van der Waals surface area contributed by atoms with E-state index < -0.39 is 0 Å². The molecular formula is C23H28Cl2N2. The van der Waals surface area contributed by atoms with E-state index in [2.05, 4.69) is 40.1 Å². The normalized spacial score (nSPS) is 20.1. The fourth-order valence-corrected chi connectivity index (χ4v) is 5.04. The number of fused-ring (bicyclic) bond motifs is 1. The minimum atomic E-state index is 0.644. The maximum absolute atomic E-state index is 6.38. The lowest BCUT2D eigenvalue weighted by Crippen LogP contribution is -2.46. The van der Waals surface area contributed by atoms with E-state index >= 15 is 0 Å². The minimum absolute atomic E-state index is 0.644. The first-order chi connectivity index (χ1) is 13.2. The summed E-state index contributed by atoms with van der Waals surface area (Å²) < 4.78 is 0. The van der Waals surface area contributed by atoms with Crippen LogP contribution in [-0.2, 0) is 6.42 Å². The maximum Gasteiger partial charge on any atom is 0.0825 e. The molecule has 1 unspecified atom stereocenters. The summed E-state index contributed by atoms with van der Waals surface area (Å²) in [6.07, 6.45) is 6.60. The van der Waals surface area contributed by atoms with E-state index in [1.54, 1.807) is 11.1 Å². The van der Waals surface area contributed by atoms with E-state index in [9.17, 15) is 0 Å². The minimum Gasteiger partial charge on any atom is -0.368 e. The lowest BCUT2D eigenvalue weighted by atomic mass is 9.95. The molecule has 2 aliphatic rings. The van der Waals surface area contributed by atoms with Crippen LogP contribution in [0.5, 0.6) is 0 Å². The fraction of sp³-hybridized carbons (Fsp3) is 0.478. The molecule has 0 bridgehead atoms. The Morgan fingerprint density at radius 1 is 0.889 bits per heavy atom. The molecule has 1 fully saturated rings. The Bertz CT molecular complexity index is 769. The van der Waals surface area contributed by atoms with Crippen molar-refractivity contribution in [1.82, 2.24) is 4.90 Å². The van der Waals surface area contributed by atoms with Gasteiger partial charge in [-0.2, -0.15) is 0 Å². The van der Waals surface area contributed by atoms with Gasteiger partial charge >= 0.3 is 0 Å². The lowest BCUT2D eigenvalue weighted by Gasteiger charge is -2.36. The third kappa shape index (κ3) is 4.45. The Labute approximate surface area is 173 Å². The van der Waals surface area contributed by atoms with Crippen molar-refractivity contribution in [1.29, 1.82) is 0 Å². The van der Waals surface area contributed by atoms with Gasteiger partial charge in [0.15, 0.2) is 0 Å². The first-order valence-corrected chi connectivity index (χ1v) is 11.0. The van der Waals surface area contributed by atoms with Crippen LogP contribution in [0.15, 0.2) is 42.5 Å². The fourth-order valence-electron chi connectivity index (χ4n) is 4.62. The van der Waals surface area contributed by atoms with Crippen LogP contribution < -0.4 is 4.90 Å². The molecule has 4 rings (SSSR count). The summed E-state index contributed by atoms with van der Waals surface area (Å²) in [7, 11) is 0. The predicted octanol–water partition coefficient (Wildman–Crippen LogP) is 6.02. The highest BCUT2D eigenvalue weighted by molar-refractivity contribution is 6.43. The summed E-state index contributed by atoms with van der Waals surface area (Å²) in [6.45, 7) is 5.47. The Morgan fingerprint density at radius 3 is 2.56 bits per heavy atom. The number of halogens is 2. The van der Waals surface area contributed by atoms with Crippen molar-refractivity contribution < 1.29 is 0 Å². The van der Waals surface area contributed by atoms with E-state index in [0.717, 1.165) is 37.8 Å². The smallest absolute Gasteiger partial charge is 0.0825 e. The highest BCUT2D eigenvalue weighted by Crippen LogP contribution is 2.36. The molecule has 2 nitrogen and oxygen atoms in total. The summed E-state index contributed by atoms with van der Waals surface area (Å²) >= 11 is 12.5. The monoisotopic (exact) mass is 402 g/mol. The average molecular weight is 403 g/mol. The van der Waals surface area contributed by atoms with Gasteiger partial charge in [0.1, 0.15) is 0 Å². The summed E-state index contributed by atoms with van der Waals surface area (Å²) in [5.74, 6) is 0.794. The average Bonchev–Trinajstić information content (AvgIpc) is 3.11. The number of anilines is 1. The van der Waals surface area contributed by atoms with Gasteiger partial charge in [0, 0.05) is 26.2 Å². The molecule has 4 heteroatoms. The molecule has 2 aromatic rings. The van der Waals surface area contributed by atoms with Crippen molar-refractivity contribution in [2.45, 2.75) is 38.0 Å². The molecule has 1 saturated heterocycles. The largest absolute Gasteiger partial charge is 0.368 e. The quantitative estimate of drug-likeness (QED) is 0.545. The van der Waals surface area contributed by atoms with Gasteiger partial charge in [0.05, 0.1) is 15.7 Å². The number of piperazine rings is 1. The number of hydrogen-bond donors (Lipinski definition) is 0. The van der Waals surface area contributed by atoms with Crippen LogP contribution >= 0.6 is 23.2 Å². The standard InChI is InChI=1S/C23H28Cl2N2/c24-21-9-5-10-22(23(21)25)27-16-14-26(15-17-27)13-4-3-7-19-12-11-18-6-1-2-8-20(18)19/h1-2,5-6,8-10,19H,3-4,7,11-17H2. The van der Waals surface area contributed by atoms with Crippen molar-refractivity contribution in [3.63, 3.8) is 0 Å². The van der Waals surface area contributed by atoms with Gasteiger partial charge in [0.2, 0.25) is 0 Å². The van der Waals surface area contributed by atoms with Crippen LogP contribution in [0.3, 0.4) is 0 Å². The second-order valence-corrected chi connectivity index (χ2v) is 8.62. The van der Waals surface area contributed by atoms with Crippen LogP contribution in [0.2, 0.25) is 10.0 Å². The van der Waals surface area contributed by atoms with Crippen LogP contribution in [0.25, 0.3) is 0 Å². The van der Waals surface area contributed by atoms with E-state index in [-0.39, 0.29) is 0 Å². The summed E-state index contributed by atoms with van der Waals surface area (Å²) in [4.78, 5) is 4.96. The highest BCUT2D eigenvalue weighted by atomic mass is 35.5. The van der Waals surface area contributed by atoms with Crippen LogP contribution in [-0.4, -0.2) is 37.6 Å². The molecule has 1 heterocycles. The molecule has 2 aromatic carbocycles. The first-order valence-electron chi connectivity index (χ1n) is 10.2. The van der Waals surface area contributed by atoms with Gasteiger partial charge in [-0.05, 0) is 61.4 Å². The Hall–Kier alpha value is -1.22. The van der Waals surface area contributed by atoms with Crippen molar-refractivity contribution in [2.75, 3.05) is 37.6 Å². The molecule has 0 aromatic heterocycles. The van der Waals surface area contributed by atoms with E-state index in [4.69, 9.17) is 23.2 Å². The van der Waals surface area contributed by atoms with E-state index in [1.807, 2.05) is 12.1 Å². The van der Waals surface area contributed by atoms with E-state index in [1.165, 1.54) is 38.6 Å². The van der Waals surface area contributed by atoms with Gasteiger partial charge in [-0.3, -0.25) is 4.90 Å². The van der Waals surface area contributed by atoms with Gasteiger partial charge in [-0.1, -0.05) is 60.0 Å². The van der Waals surface area contributed by atoms with Crippen molar-refractivity contribution in [2.24, 2.45) is 0 Å². The summed E-state index contributed by atoms with van der Waals surface area (Å²) in [5.41, 5.74) is 4.27. The third-order valence-corrected chi connectivity index (χ3v) is 6.99. The Morgan fingerprint density at radius 2 is 1.70 bits per heavy atom. The second kappa shape index (κ2) is 8.86. The maximum atomic E-state index is 6.38. The molecule has 0 N–H and O–H groups in total. The molecule has 1 aliphatic carbocycles. The van der Waals surface area contributed by atoms with Gasteiger partial charge in [-0.15, -0.1) is 0 Å². The van der Waals surface area contributed by atoms with Crippen LogP contribution in [0.1, 0.15) is 42.7 Å². The number of hydrogen-bond acceptors (Lipinski definition) is 2. The number of nitrogens with zero attached hydrogens (tertiary/aromatic N) is 2. The SMILES string of the molecule is Clc1cccc(N2CCN(CCCCC3CCc4ccccc43)CC2)c1Cl. The molecule has 1 atom stereocenters. The molecule has 0 saturated carbocycles. The summed E-state index contributed by atoms with van der Waals surface area (Å²) in [5, 5.41) is 1.33. The second-order valence-electron chi connectivity index (χ2n) is 7.83. The molecule has 144 valence electrons. The zero-order valence-electron chi connectivity index (χ0n) is 15.8. The molecular weight excluding hydrogens is 375 g/mol. The molecule has 1 aliphatic heterocycles. The van der Waals surface area contributed by atoms with Crippen molar-refractivity contribution in [3.05, 3.63) is 63.6 Å². The van der Waals surface area contributed by atoms with Gasteiger partial charge in [-0.25, -0.2) is 0 Å². The predicted molar refractivity (Wildman–Crippen MR) is 116 cm³/mol. The van der Waals surface area contributed by atoms with Gasteiger partial charge in [0.25, 0.3) is 0 Å². The van der Waals surface area contributed by atoms with Crippen LogP contribution in [0.4, 0.5) is 5.69 Å². The molecule has 0 radical (unpaired) electrons. The zero-order chi connectivity index (χ0) is 18.6. The number of benzene rings is 2. The molecule has 0 amide bonds. The zero-order valence-corrected chi connectivity index (χ0v) is 17.4. The Balaban J connectivity index is 1.19. The number of unbranched alkanes of at least 4 members (excludes halogenated alkanes) is 1. The first kappa shape index (κ1) is 19.1. The van der Waals surface area contributed by atoms with Crippen molar-refractivity contribution in [3.8, 4) is 0 Å². The summed E-state index contributed by atoms with van der Waals surface area (Å²) in [6, 6.07) is 14.9. The third-order valence-electron chi connectivity index (χ3n) is 6.18. The van der Waals surface area contributed by atoms with Crippen molar-refractivity contribution >= 4 is 28.9 Å². The van der Waals surface area contributed by atoms with Crippen LogP contribution in [0, 0.1) is 0 Å². The highest BCUT2D eigenvalue weighted by Gasteiger charge is 2.22. The topological polar surface area (TPSA) is 6.48 Å². The lowest BCUT2D eigenvalue weighted by molar-refractivity contribution is 0.251. The number of rotatable bonds is 6. The molecule has 0 spiro atoms. The molecule has 27 heavy (non-hydrogen) atoms. The Kier molecular flexibility index (Phi) is 6.27.